The molecule has 0 radical (unpaired) electrons. The molecule has 0 saturated heterocycles. The summed E-state index contributed by atoms with van der Waals surface area (Å²) in [6.45, 7) is 0. The number of nitrogens with one attached hydrogen (secondary N) is 1. The van der Waals surface area contributed by atoms with E-state index >= 15 is 0 Å². The summed E-state index contributed by atoms with van der Waals surface area (Å²) in [6, 6.07) is 7.77. The summed E-state index contributed by atoms with van der Waals surface area (Å²) in [4.78, 5) is 23.5. The summed E-state index contributed by atoms with van der Waals surface area (Å²) in [5, 5.41) is 12.3. The molecule has 2 N–H and O–H groups in total. The van der Waals surface area contributed by atoms with Gasteiger partial charge in [-0.3, -0.25) is 9.59 Å². The van der Waals surface area contributed by atoms with Gasteiger partial charge in [0, 0.05) is 16.9 Å². The molecular weight excluding hydrogens is 346 g/mol. The van der Waals surface area contributed by atoms with Gasteiger partial charge in [-0.05, 0) is 37.0 Å². The van der Waals surface area contributed by atoms with E-state index in [-0.39, 0.29) is 18.4 Å². The van der Waals surface area contributed by atoms with Gasteiger partial charge in [-0.15, -0.1) is 0 Å². The second-order valence-corrected chi connectivity index (χ2v) is 6.89. The second kappa shape index (κ2) is 8.32. The highest BCUT2D eigenvalue weighted by atomic mass is 79.9. The number of carbonyl (C=O) groups excluding carboxylic acids is 1. The van der Waals surface area contributed by atoms with Crippen LogP contribution in [0.4, 0.5) is 0 Å². The molecule has 1 atom stereocenters. The number of carboxylic acid groups (broad SMARTS) is 1. The van der Waals surface area contributed by atoms with Gasteiger partial charge >= 0.3 is 5.97 Å². The predicted molar refractivity (Wildman–Crippen MR) is 88.6 cm³/mol. The van der Waals surface area contributed by atoms with Crippen molar-refractivity contribution in [2.45, 2.75) is 51.0 Å². The molecule has 0 spiro atoms. The van der Waals surface area contributed by atoms with Crippen molar-refractivity contribution in [2.75, 3.05) is 0 Å². The largest absolute Gasteiger partial charge is 0.481 e. The number of carbonyl (C=O) groups is 2. The molecule has 1 fully saturated rings. The van der Waals surface area contributed by atoms with E-state index in [2.05, 4.69) is 21.2 Å². The van der Waals surface area contributed by atoms with Gasteiger partial charge in [0.25, 0.3) is 0 Å². The Kier molecular flexibility index (Phi) is 6.43. The van der Waals surface area contributed by atoms with Crippen LogP contribution in [0.2, 0.25) is 0 Å². The first-order valence-electron chi connectivity index (χ1n) is 7.81. The smallest absolute Gasteiger partial charge is 0.307 e. The molecule has 0 heterocycles. The zero-order chi connectivity index (χ0) is 15.9. The van der Waals surface area contributed by atoms with Gasteiger partial charge in [0.05, 0.1) is 5.92 Å². The van der Waals surface area contributed by atoms with Crippen molar-refractivity contribution >= 4 is 27.8 Å². The fourth-order valence-electron chi connectivity index (χ4n) is 2.91. The number of halogens is 1. The summed E-state index contributed by atoms with van der Waals surface area (Å²) in [6.07, 6.45) is 5.96. The Morgan fingerprint density at radius 3 is 2.41 bits per heavy atom. The maximum atomic E-state index is 12.1. The number of amides is 1. The number of carboxylic acids is 1. The summed E-state index contributed by atoms with van der Waals surface area (Å²) < 4.78 is 0.957. The van der Waals surface area contributed by atoms with Crippen molar-refractivity contribution in [1.82, 2.24) is 5.32 Å². The molecule has 0 bridgehead atoms. The Morgan fingerprint density at radius 2 is 1.82 bits per heavy atom. The Labute approximate surface area is 139 Å². The highest BCUT2D eigenvalue weighted by Crippen LogP contribution is 2.19. The third-order valence-corrected chi connectivity index (χ3v) is 4.68. The molecule has 0 aliphatic heterocycles. The summed E-state index contributed by atoms with van der Waals surface area (Å²) in [5.74, 6) is -1.73. The van der Waals surface area contributed by atoms with Crippen molar-refractivity contribution < 1.29 is 14.7 Å². The Hall–Kier alpha value is -1.36. The van der Waals surface area contributed by atoms with Crippen LogP contribution in [-0.2, 0) is 16.0 Å². The minimum absolute atomic E-state index is 0.0435. The zero-order valence-corrected chi connectivity index (χ0v) is 14.1. The van der Waals surface area contributed by atoms with Gasteiger partial charge in [-0.2, -0.15) is 0 Å². The molecule has 2 rings (SSSR count). The van der Waals surface area contributed by atoms with Gasteiger partial charge in [-0.25, -0.2) is 0 Å². The normalized spacial score (nSPS) is 17.0. The van der Waals surface area contributed by atoms with E-state index in [9.17, 15) is 14.7 Å². The van der Waals surface area contributed by atoms with Gasteiger partial charge < -0.3 is 10.4 Å². The average Bonchev–Trinajstić information content (AvgIpc) is 2.49. The summed E-state index contributed by atoms with van der Waals surface area (Å²) >= 11 is 3.36. The molecule has 120 valence electrons. The van der Waals surface area contributed by atoms with E-state index in [1.807, 2.05) is 24.3 Å². The van der Waals surface area contributed by atoms with Crippen LogP contribution in [0.3, 0.4) is 0 Å². The lowest BCUT2D eigenvalue weighted by Gasteiger charge is -2.23. The molecule has 22 heavy (non-hydrogen) atoms. The maximum absolute atomic E-state index is 12.1. The van der Waals surface area contributed by atoms with Crippen LogP contribution < -0.4 is 5.32 Å². The molecule has 1 unspecified atom stereocenters. The quantitative estimate of drug-likeness (QED) is 0.807. The number of aliphatic carboxylic acids is 1. The third-order valence-electron chi connectivity index (χ3n) is 4.15. The highest BCUT2D eigenvalue weighted by molar-refractivity contribution is 9.10. The molecule has 1 amide bonds. The van der Waals surface area contributed by atoms with Gasteiger partial charge in [0.1, 0.15) is 0 Å². The Balaban J connectivity index is 1.88. The zero-order valence-electron chi connectivity index (χ0n) is 12.6. The fourth-order valence-corrected chi connectivity index (χ4v) is 3.17. The molecule has 4 nitrogen and oxygen atoms in total. The summed E-state index contributed by atoms with van der Waals surface area (Å²) in [5.41, 5.74) is 0.932. The molecule has 1 aliphatic rings. The van der Waals surface area contributed by atoms with Gasteiger partial charge in [0.15, 0.2) is 0 Å². The first-order chi connectivity index (χ1) is 10.5. The van der Waals surface area contributed by atoms with E-state index < -0.39 is 11.9 Å². The number of benzene rings is 1. The van der Waals surface area contributed by atoms with E-state index in [4.69, 9.17) is 0 Å². The van der Waals surface area contributed by atoms with Crippen LogP contribution in [0.5, 0.6) is 0 Å². The SMILES string of the molecule is O=C(CC(Cc1ccc(Br)cc1)C(=O)O)NC1CCCCC1. The third kappa shape index (κ3) is 5.44. The lowest BCUT2D eigenvalue weighted by atomic mass is 9.93. The predicted octanol–water partition coefficient (Wildman–Crippen LogP) is 3.53. The molecule has 0 aromatic heterocycles. The van der Waals surface area contributed by atoms with Crippen LogP contribution in [0.15, 0.2) is 28.7 Å². The summed E-state index contributed by atoms with van der Waals surface area (Å²) in [7, 11) is 0. The van der Waals surface area contributed by atoms with E-state index in [1.165, 1.54) is 6.42 Å². The fraction of sp³-hybridized carbons (Fsp3) is 0.529. The van der Waals surface area contributed by atoms with Crippen LogP contribution in [0.1, 0.15) is 44.1 Å². The Morgan fingerprint density at radius 1 is 1.18 bits per heavy atom. The van der Waals surface area contributed by atoms with Crippen LogP contribution in [0, 0.1) is 5.92 Å². The van der Waals surface area contributed by atoms with Crippen molar-refractivity contribution in [3.8, 4) is 0 Å². The van der Waals surface area contributed by atoms with E-state index in [0.29, 0.717) is 6.42 Å². The first kappa shape index (κ1) is 17.0. The Bertz CT molecular complexity index is 509. The van der Waals surface area contributed by atoms with Crippen LogP contribution >= 0.6 is 15.9 Å². The molecule has 1 aromatic rings. The standard InChI is InChI=1S/C17H22BrNO3/c18-14-8-6-12(7-9-14)10-13(17(21)22)11-16(20)19-15-4-2-1-3-5-15/h6-9,13,15H,1-5,10-11H2,(H,19,20)(H,21,22). The second-order valence-electron chi connectivity index (χ2n) is 5.97. The molecular formula is C17H22BrNO3. The monoisotopic (exact) mass is 367 g/mol. The van der Waals surface area contributed by atoms with Crippen molar-refractivity contribution in [3.05, 3.63) is 34.3 Å². The highest BCUT2D eigenvalue weighted by Gasteiger charge is 2.23. The van der Waals surface area contributed by atoms with E-state index in [1.54, 1.807) is 0 Å². The molecule has 1 saturated carbocycles. The van der Waals surface area contributed by atoms with Crippen LogP contribution in [-0.4, -0.2) is 23.0 Å². The molecule has 1 aliphatic carbocycles. The van der Waals surface area contributed by atoms with Crippen molar-refractivity contribution in [2.24, 2.45) is 5.92 Å². The molecule has 1 aromatic carbocycles. The van der Waals surface area contributed by atoms with Crippen molar-refractivity contribution in [1.29, 1.82) is 0 Å². The average molecular weight is 368 g/mol. The number of hydrogen-bond donors (Lipinski definition) is 2. The minimum Gasteiger partial charge on any atom is -0.481 e. The van der Waals surface area contributed by atoms with Crippen molar-refractivity contribution in [3.63, 3.8) is 0 Å². The molecule has 5 heteroatoms. The minimum atomic E-state index is -0.915. The number of rotatable bonds is 6. The lowest BCUT2D eigenvalue weighted by Crippen LogP contribution is -2.38. The van der Waals surface area contributed by atoms with E-state index in [0.717, 1.165) is 35.7 Å². The lowest BCUT2D eigenvalue weighted by molar-refractivity contribution is -0.144. The van der Waals surface area contributed by atoms with Gasteiger partial charge in [-0.1, -0.05) is 47.3 Å². The maximum Gasteiger partial charge on any atom is 0.307 e. The van der Waals surface area contributed by atoms with Gasteiger partial charge in [0.2, 0.25) is 5.91 Å². The first-order valence-corrected chi connectivity index (χ1v) is 8.60. The van der Waals surface area contributed by atoms with Crippen LogP contribution in [0.25, 0.3) is 0 Å². The topological polar surface area (TPSA) is 66.4 Å². The number of hydrogen-bond acceptors (Lipinski definition) is 2.